The van der Waals surface area contributed by atoms with E-state index in [0.29, 0.717) is 17.7 Å². The third-order valence-corrected chi connectivity index (χ3v) is 5.89. The minimum Gasteiger partial charge on any atom is -0.494 e. The van der Waals surface area contributed by atoms with E-state index in [0.717, 1.165) is 35.9 Å². The second kappa shape index (κ2) is 8.47. The van der Waals surface area contributed by atoms with Gasteiger partial charge in [0, 0.05) is 6.04 Å². The molecule has 5 rings (SSSR count). The zero-order chi connectivity index (χ0) is 22.1. The lowest BCUT2D eigenvalue weighted by Gasteiger charge is -2.31. The quantitative estimate of drug-likeness (QED) is 0.592. The Labute approximate surface area is 185 Å². The molecule has 0 spiro atoms. The first-order valence-corrected chi connectivity index (χ1v) is 10.6. The fourth-order valence-corrected chi connectivity index (χ4v) is 4.08. The number of carboxylic acid groups (broad SMARTS) is 1. The molecule has 1 atom stereocenters. The van der Waals surface area contributed by atoms with Crippen LogP contribution in [0.2, 0.25) is 0 Å². The number of aromatic nitrogens is 2. The van der Waals surface area contributed by atoms with Crippen LogP contribution in [0, 0.1) is 0 Å². The van der Waals surface area contributed by atoms with E-state index in [4.69, 9.17) is 14.5 Å². The van der Waals surface area contributed by atoms with Crippen LogP contribution in [0.25, 0.3) is 11.0 Å². The van der Waals surface area contributed by atoms with Crippen molar-refractivity contribution in [1.82, 2.24) is 14.9 Å². The fourth-order valence-electron chi connectivity index (χ4n) is 4.08. The van der Waals surface area contributed by atoms with Gasteiger partial charge in [-0.25, -0.2) is 14.8 Å². The van der Waals surface area contributed by atoms with Gasteiger partial charge in [0.05, 0.1) is 24.8 Å². The van der Waals surface area contributed by atoms with Crippen LogP contribution in [-0.4, -0.2) is 39.8 Å². The van der Waals surface area contributed by atoms with Crippen LogP contribution < -0.4 is 5.32 Å². The number of carboxylic acids is 1. The number of amidine groups is 1. The third-order valence-electron chi connectivity index (χ3n) is 5.89. The Balaban J connectivity index is 1.55. The highest BCUT2D eigenvalue weighted by Crippen LogP contribution is 2.36. The molecular weight excluding hydrogens is 408 g/mol. The van der Waals surface area contributed by atoms with Crippen molar-refractivity contribution in [3.8, 4) is 0 Å². The van der Waals surface area contributed by atoms with Gasteiger partial charge in [0.2, 0.25) is 0 Å². The Bertz CT molecular complexity index is 1210. The molecule has 2 aliphatic rings. The SMILES string of the molecule is COC1=C(C(=O)O)N=C(c2nc3ccccc3n2C2CCC2)NC1OCc1ccccc1. The van der Waals surface area contributed by atoms with E-state index in [-0.39, 0.29) is 18.1 Å². The molecule has 1 aliphatic carbocycles. The highest BCUT2D eigenvalue weighted by molar-refractivity contribution is 6.03. The number of fused-ring (bicyclic) bond motifs is 1. The average Bonchev–Trinajstić information content (AvgIpc) is 3.15. The number of nitrogens with zero attached hydrogens (tertiary/aromatic N) is 3. The molecule has 1 unspecified atom stereocenters. The van der Waals surface area contributed by atoms with E-state index in [1.54, 1.807) is 0 Å². The first-order valence-electron chi connectivity index (χ1n) is 10.6. The molecular formula is C24H24N4O4. The van der Waals surface area contributed by atoms with Crippen LogP contribution in [0.15, 0.2) is 71.0 Å². The molecule has 0 saturated heterocycles. The molecule has 0 radical (unpaired) electrons. The average molecular weight is 432 g/mol. The maximum absolute atomic E-state index is 12.0. The predicted octanol–water partition coefficient (Wildman–Crippen LogP) is 3.60. The summed E-state index contributed by atoms with van der Waals surface area (Å²) in [5.74, 6) is -0.0774. The molecule has 1 fully saturated rings. The number of hydrogen-bond donors (Lipinski definition) is 2. The number of ether oxygens (including phenoxy) is 2. The van der Waals surface area contributed by atoms with Crippen LogP contribution >= 0.6 is 0 Å². The van der Waals surface area contributed by atoms with E-state index >= 15 is 0 Å². The van der Waals surface area contributed by atoms with Gasteiger partial charge in [0.15, 0.2) is 29.3 Å². The summed E-state index contributed by atoms with van der Waals surface area (Å²) in [4.78, 5) is 21.2. The highest BCUT2D eigenvalue weighted by atomic mass is 16.5. The maximum Gasteiger partial charge on any atom is 0.358 e. The lowest BCUT2D eigenvalue weighted by molar-refractivity contribution is -0.133. The van der Waals surface area contributed by atoms with Crippen LogP contribution in [-0.2, 0) is 20.9 Å². The van der Waals surface area contributed by atoms with E-state index in [9.17, 15) is 9.90 Å². The Hall–Kier alpha value is -3.65. The molecule has 1 aliphatic heterocycles. The Morgan fingerprint density at radius 1 is 1.16 bits per heavy atom. The molecule has 164 valence electrons. The van der Waals surface area contributed by atoms with Crippen LogP contribution in [0.4, 0.5) is 0 Å². The number of benzene rings is 2. The molecule has 8 nitrogen and oxygen atoms in total. The predicted molar refractivity (Wildman–Crippen MR) is 119 cm³/mol. The molecule has 2 heterocycles. The first kappa shape index (κ1) is 20.3. The lowest BCUT2D eigenvalue weighted by Crippen LogP contribution is -2.44. The van der Waals surface area contributed by atoms with E-state index in [2.05, 4.69) is 14.9 Å². The van der Waals surface area contributed by atoms with Gasteiger partial charge in [-0.1, -0.05) is 42.5 Å². The molecule has 1 saturated carbocycles. The summed E-state index contributed by atoms with van der Waals surface area (Å²) in [5.41, 5.74) is 2.63. The van der Waals surface area contributed by atoms with Crippen molar-refractivity contribution >= 4 is 22.8 Å². The van der Waals surface area contributed by atoms with Crippen molar-refractivity contribution in [2.75, 3.05) is 7.11 Å². The van der Waals surface area contributed by atoms with Gasteiger partial charge in [-0.05, 0) is 37.0 Å². The van der Waals surface area contributed by atoms with Crippen molar-refractivity contribution in [3.63, 3.8) is 0 Å². The van der Waals surface area contributed by atoms with Crippen molar-refractivity contribution in [1.29, 1.82) is 0 Å². The fraction of sp³-hybridized carbons (Fsp3) is 0.292. The molecule has 32 heavy (non-hydrogen) atoms. The number of aliphatic carboxylic acids is 1. The van der Waals surface area contributed by atoms with E-state index in [1.165, 1.54) is 7.11 Å². The minimum atomic E-state index is -1.18. The van der Waals surface area contributed by atoms with Gasteiger partial charge in [-0.3, -0.25) is 0 Å². The van der Waals surface area contributed by atoms with Crippen molar-refractivity contribution in [2.24, 2.45) is 4.99 Å². The normalized spacial score (nSPS) is 18.8. The van der Waals surface area contributed by atoms with Gasteiger partial charge < -0.3 is 24.5 Å². The lowest BCUT2D eigenvalue weighted by atomic mass is 9.92. The highest BCUT2D eigenvalue weighted by Gasteiger charge is 2.34. The zero-order valence-corrected chi connectivity index (χ0v) is 17.7. The first-order chi connectivity index (χ1) is 15.7. The van der Waals surface area contributed by atoms with Gasteiger partial charge in [0.1, 0.15) is 0 Å². The number of carbonyl (C=O) groups is 1. The number of nitrogens with one attached hydrogen (secondary N) is 1. The molecule has 8 heteroatoms. The molecule has 2 N–H and O–H groups in total. The molecule has 3 aromatic rings. The van der Waals surface area contributed by atoms with Crippen LogP contribution in [0.3, 0.4) is 0 Å². The Kier molecular flexibility index (Phi) is 5.36. The van der Waals surface area contributed by atoms with E-state index in [1.807, 2.05) is 54.6 Å². The smallest absolute Gasteiger partial charge is 0.358 e. The van der Waals surface area contributed by atoms with E-state index < -0.39 is 12.2 Å². The largest absolute Gasteiger partial charge is 0.494 e. The number of methoxy groups -OCH3 is 1. The topological polar surface area (TPSA) is 98.0 Å². The number of hydrogen-bond acceptors (Lipinski definition) is 6. The van der Waals surface area contributed by atoms with Crippen LogP contribution in [0.5, 0.6) is 0 Å². The van der Waals surface area contributed by atoms with Gasteiger partial charge >= 0.3 is 5.97 Å². The van der Waals surface area contributed by atoms with Crippen molar-refractivity contribution in [2.45, 2.75) is 38.1 Å². The number of imidazole rings is 1. The number of para-hydroxylation sites is 2. The maximum atomic E-state index is 12.0. The van der Waals surface area contributed by atoms with Gasteiger partial charge in [0.25, 0.3) is 0 Å². The third kappa shape index (κ3) is 3.62. The summed E-state index contributed by atoms with van der Waals surface area (Å²) < 4.78 is 13.6. The summed E-state index contributed by atoms with van der Waals surface area (Å²) in [5, 5.41) is 13.1. The number of aliphatic imine (C=N–C) groups is 1. The van der Waals surface area contributed by atoms with Crippen molar-refractivity contribution in [3.05, 3.63) is 77.4 Å². The summed E-state index contributed by atoms with van der Waals surface area (Å²) in [6, 6.07) is 17.9. The standard InChI is InChI=1S/C24H24N4O4/c1-31-20-19(24(29)30)26-21(27-23(20)32-14-15-8-3-2-4-9-15)22-25-17-12-5-6-13-18(17)28(22)16-10-7-11-16/h2-6,8-9,12-13,16,23H,7,10-11,14H2,1H3,(H,26,27)(H,29,30). The monoisotopic (exact) mass is 432 g/mol. The second-order valence-corrected chi connectivity index (χ2v) is 7.88. The van der Waals surface area contributed by atoms with Gasteiger partial charge in [-0.15, -0.1) is 0 Å². The summed E-state index contributed by atoms with van der Waals surface area (Å²) >= 11 is 0. The number of rotatable bonds is 7. The summed E-state index contributed by atoms with van der Waals surface area (Å²) in [6.45, 7) is 0.282. The Morgan fingerprint density at radius 2 is 1.91 bits per heavy atom. The zero-order valence-electron chi connectivity index (χ0n) is 17.7. The molecule has 1 aromatic heterocycles. The van der Waals surface area contributed by atoms with Gasteiger partial charge in [-0.2, -0.15) is 0 Å². The molecule has 0 bridgehead atoms. The summed E-state index contributed by atoms with van der Waals surface area (Å²) in [6.07, 6.45) is 2.46. The molecule has 2 aromatic carbocycles. The van der Waals surface area contributed by atoms with Crippen LogP contribution in [0.1, 0.15) is 36.7 Å². The second-order valence-electron chi connectivity index (χ2n) is 7.88. The van der Waals surface area contributed by atoms with Crippen molar-refractivity contribution < 1.29 is 19.4 Å². The summed E-state index contributed by atoms with van der Waals surface area (Å²) in [7, 11) is 1.42. The minimum absolute atomic E-state index is 0.128. The molecule has 0 amide bonds. The Morgan fingerprint density at radius 3 is 2.59 bits per heavy atom.